The van der Waals surface area contributed by atoms with Gasteiger partial charge in [-0.05, 0) is 38.1 Å². The second kappa shape index (κ2) is 6.60. The molecule has 1 aromatic heterocycles. The van der Waals surface area contributed by atoms with Gasteiger partial charge in [0.05, 0.1) is 12.2 Å². The first-order chi connectivity index (χ1) is 11.2. The van der Waals surface area contributed by atoms with Crippen LogP contribution >= 0.6 is 0 Å². The van der Waals surface area contributed by atoms with Crippen LogP contribution in [0.2, 0.25) is 0 Å². The lowest BCUT2D eigenvalue weighted by atomic mass is 10.2. The van der Waals surface area contributed by atoms with Crippen molar-refractivity contribution in [1.82, 2.24) is 20.1 Å². The lowest BCUT2D eigenvalue weighted by molar-refractivity contribution is 0.0949. The van der Waals surface area contributed by atoms with Crippen molar-refractivity contribution < 1.29 is 4.79 Å². The van der Waals surface area contributed by atoms with Crippen molar-refractivity contribution in [3.63, 3.8) is 0 Å². The molecule has 1 aromatic carbocycles. The average Bonchev–Trinajstić information content (AvgIpc) is 3.21. The Bertz CT molecular complexity index is 718. The summed E-state index contributed by atoms with van der Waals surface area (Å²) in [6, 6.07) is 7.48. The molecule has 3 rings (SSSR count). The molecule has 1 aliphatic rings. The molecule has 1 N–H and O–H groups in total. The molecule has 2 aromatic rings. The number of nitrogens with one attached hydrogen (secondary N) is 1. The van der Waals surface area contributed by atoms with Gasteiger partial charge in [-0.1, -0.05) is 0 Å². The summed E-state index contributed by atoms with van der Waals surface area (Å²) < 4.78 is 1.90. The number of benzene rings is 1. The molecule has 120 valence electrons. The van der Waals surface area contributed by atoms with Gasteiger partial charge in [0, 0.05) is 30.8 Å². The molecule has 1 aliphatic heterocycles. The van der Waals surface area contributed by atoms with Crippen LogP contribution in [-0.2, 0) is 13.1 Å². The molecule has 23 heavy (non-hydrogen) atoms. The van der Waals surface area contributed by atoms with Gasteiger partial charge in [-0.25, -0.2) is 0 Å². The summed E-state index contributed by atoms with van der Waals surface area (Å²) in [4.78, 5) is 12.2. The van der Waals surface area contributed by atoms with Crippen LogP contribution in [0.15, 0.2) is 35.7 Å². The Kier molecular flexibility index (Phi) is 4.36. The Hall–Kier alpha value is -2.70. The molecular weight excluding hydrogens is 292 g/mol. The van der Waals surface area contributed by atoms with Crippen molar-refractivity contribution in [2.45, 2.75) is 33.4 Å². The summed E-state index contributed by atoms with van der Waals surface area (Å²) in [7, 11) is 0. The van der Waals surface area contributed by atoms with Gasteiger partial charge in [0.15, 0.2) is 5.82 Å². The zero-order valence-electron chi connectivity index (χ0n) is 13.4. The third kappa shape index (κ3) is 3.39. The molecule has 0 atom stereocenters. The topological polar surface area (TPSA) is 75.4 Å². The molecule has 0 saturated heterocycles. The summed E-state index contributed by atoms with van der Waals surface area (Å²) >= 11 is 0. The molecule has 0 fully saturated rings. The van der Waals surface area contributed by atoms with Crippen LogP contribution in [0.4, 0.5) is 5.69 Å². The van der Waals surface area contributed by atoms with Gasteiger partial charge in [-0.3, -0.25) is 9.80 Å². The summed E-state index contributed by atoms with van der Waals surface area (Å²) in [5.74, 6) is 0.627. The third-order valence-electron chi connectivity index (χ3n) is 3.85. The van der Waals surface area contributed by atoms with Crippen molar-refractivity contribution in [2.75, 3.05) is 11.6 Å². The zero-order valence-corrected chi connectivity index (χ0v) is 13.4. The van der Waals surface area contributed by atoms with E-state index in [9.17, 15) is 4.79 Å². The molecular formula is C16H20N6O. The first-order valence-electron chi connectivity index (χ1n) is 7.74. The standard InChI is InChI=1S/C16H20N6O/c1-3-21-11-18-19-15(21)10-17-16(23)13-4-6-14(7-5-13)22-9-8-12(2)20-22/h4-7,11H,3,8-10H2,1-2H3,(H,17,23). The van der Waals surface area contributed by atoms with Gasteiger partial charge in [-0.15, -0.1) is 10.2 Å². The first-order valence-corrected chi connectivity index (χ1v) is 7.74. The van der Waals surface area contributed by atoms with Crippen molar-refractivity contribution in [1.29, 1.82) is 0 Å². The van der Waals surface area contributed by atoms with E-state index in [4.69, 9.17) is 0 Å². The number of hydrogen-bond donors (Lipinski definition) is 1. The molecule has 1 amide bonds. The molecule has 0 radical (unpaired) electrons. The van der Waals surface area contributed by atoms with Gasteiger partial charge in [-0.2, -0.15) is 5.10 Å². The summed E-state index contributed by atoms with van der Waals surface area (Å²) in [5.41, 5.74) is 2.76. The zero-order chi connectivity index (χ0) is 16.2. The number of carbonyl (C=O) groups is 1. The molecule has 0 saturated carbocycles. The predicted octanol–water partition coefficient (Wildman–Crippen LogP) is 1.81. The highest BCUT2D eigenvalue weighted by atomic mass is 16.1. The van der Waals surface area contributed by atoms with Crippen LogP contribution in [0, 0.1) is 0 Å². The molecule has 0 spiro atoms. The number of anilines is 1. The number of rotatable bonds is 5. The largest absolute Gasteiger partial charge is 0.345 e. The van der Waals surface area contributed by atoms with Crippen LogP contribution in [0.3, 0.4) is 0 Å². The van der Waals surface area contributed by atoms with Crippen molar-refractivity contribution in [2.24, 2.45) is 5.10 Å². The highest BCUT2D eigenvalue weighted by Gasteiger charge is 2.14. The second-order valence-corrected chi connectivity index (χ2v) is 5.47. The molecule has 7 heteroatoms. The second-order valence-electron chi connectivity index (χ2n) is 5.47. The van der Waals surface area contributed by atoms with Crippen LogP contribution in [0.25, 0.3) is 0 Å². The van der Waals surface area contributed by atoms with E-state index in [0.29, 0.717) is 12.1 Å². The van der Waals surface area contributed by atoms with Crippen molar-refractivity contribution in [3.05, 3.63) is 42.0 Å². The van der Waals surface area contributed by atoms with E-state index in [2.05, 4.69) is 20.6 Å². The third-order valence-corrected chi connectivity index (χ3v) is 3.85. The predicted molar refractivity (Wildman–Crippen MR) is 88.4 cm³/mol. The van der Waals surface area contributed by atoms with E-state index in [0.717, 1.165) is 36.7 Å². The number of nitrogens with zero attached hydrogens (tertiary/aromatic N) is 5. The maximum absolute atomic E-state index is 12.2. The maximum Gasteiger partial charge on any atom is 0.251 e. The number of hydrogen-bond acceptors (Lipinski definition) is 5. The van der Waals surface area contributed by atoms with Gasteiger partial charge in [0.1, 0.15) is 6.33 Å². The average molecular weight is 312 g/mol. The monoisotopic (exact) mass is 312 g/mol. The van der Waals surface area contributed by atoms with Gasteiger partial charge < -0.3 is 9.88 Å². The van der Waals surface area contributed by atoms with E-state index < -0.39 is 0 Å². The molecule has 2 heterocycles. The molecule has 7 nitrogen and oxygen atoms in total. The lowest BCUT2D eigenvalue weighted by Crippen LogP contribution is -2.24. The lowest BCUT2D eigenvalue weighted by Gasteiger charge is -2.14. The SMILES string of the molecule is CCn1cnnc1CNC(=O)c1ccc(N2CCC(C)=N2)cc1. The summed E-state index contributed by atoms with van der Waals surface area (Å²) in [6.45, 7) is 6.07. The normalized spacial score (nSPS) is 14.0. The smallest absolute Gasteiger partial charge is 0.251 e. The first kappa shape index (κ1) is 15.2. The number of carbonyl (C=O) groups excluding carboxylic acids is 1. The summed E-state index contributed by atoms with van der Waals surface area (Å²) in [6.07, 6.45) is 2.65. The fourth-order valence-corrected chi connectivity index (χ4v) is 2.49. The Labute approximate surface area is 135 Å². The van der Waals surface area contributed by atoms with Crippen LogP contribution in [0.1, 0.15) is 36.5 Å². The highest BCUT2D eigenvalue weighted by Crippen LogP contribution is 2.19. The van der Waals surface area contributed by atoms with Crippen molar-refractivity contribution >= 4 is 17.3 Å². The fraction of sp³-hybridized carbons (Fsp3) is 0.375. The summed E-state index contributed by atoms with van der Waals surface area (Å²) in [5, 5.41) is 17.1. The molecule has 0 aliphatic carbocycles. The minimum atomic E-state index is -0.122. The van der Waals surface area contributed by atoms with Crippen LogP contribution in [0.5, 0.6) is 0 Å². The van der Waals surface area contributed by atoms with Gasteiger partial charge in [0.2, 0.25) is 0 Å². The molecule has 0 bridgehead atoms. The Morgan fingerprint density at radius 3 is 2.74 bits per heavy atom. The molecule has 0 unspecified atom stereocenters. The van der Waals surface area contributed by atoms with E-state index >= 15 is 0 Å². The quantitative estimate of drug-likeness (QED) is 0.913. The Morgan fingerprint density at radius 1 is 1.30 bits per heavy atom. The van der Waals surface area contributed by atoms with Crippen LogP contribution < -0.4 is 10.3 Å². The minimum Gasteiger partial charge on any atom is -0.345 e. The maximum atomic E-state index is 12.2. The highest BCUT2D eigenvalue weighted by molar-refractivity contribution is 5.94. The number of aromatic nitrogens is 3. The van der Waals surface area contributed by atoms with E-state index in [1.54, 1.807) is 6.33 Å². The van der Waals surface area contributed by atoms with Crippen LogP contribution in [-0.4, -0.2) is 32.9 Å². The van der Waals surface area contributed by atoms with Gasteiger partial charge >= 0.3 is 0 Å². The fourth-order valence-electron chi connectivity index (χ4n) is 2.49. The van der Waals surface area contributed by atoms with Crippen molar-refractivity contribution in [3.8, 4) is 0 Å². The number of hydrazone groups is 1. The number of aryl methyl sites for hydroxylation is 1. The Morgan fingerprint density at radius 2 is 2.09 bits per heavy atom. The van der Waals surface area contributed by atoms with E-state index in [1.807, 2.05) is 47.7 Å². The van der Waals surface area contributed by atoms with E-state index in [1.165, 1.54) is 0 Å². The Balaban J connectivity index is 1.62. The number of amides is 1. The van der Waals surface area contributed by atoms with Gasteiger partial charge in [0.25, 0.3) is 5.91 Å². The minimum absolute atomic E-state index is 0.122. The van der Waals surface area contributed by atoms with E-state index in [-0.39, 0.29) is 5.91 Å².